The maximum atomic E-state index is 11.9. The van der Waals surface area contributed by atoms with E-state index in [1.54, 1.807) is 17.7 Å². The summed E-state index contributed by atoms with van der Waals surface area (Å²) in [6, 6.07) is 7.56. The third kappa shape index (κ3) is 1.78. The minimum absolute atomic E-state index is 0.209. The van der Waals surface area contributed by atoms with Crippen LogP contribution >= 0.6 is 0 Å². The molecule has 0 bridgehead atoms. The topological polar surface area (TPSA) is 39.1 Å². The Morgan fingerprint density at radius 2 is 2.00 bits per heavy atom. The molecule has 0 radical (unpaired) electrons. The number of aromatic nitrogens is 1. The molecule has 0 saturated heterocycles. The van der Waals surface area contributed by atoms with Crippen LogP contribution in [-0.2, 0) is 7.05 Å². The van der Waals surface area contributed by atoms with Crippen molar-refractivity contribution in [3.63, 3.8) is 0 Å². The van der Waals surface area contributed by atoms with Gasteiger partial charge in [-0.3, -0.25) is 9.59 Å². The highest BCUT2D eigenvalue weighted by Crippen LogP contribution is 2.24. The van der Waals surface area contributed by atoms with Crippen LogP contribution in [0.15, 0.2) is 29.1 Å². The molecule has 88 valence electrons. The molecule has 0 unspecified atom stereocenters. The summed E-state index contributed by atoms with van der Waals surface area (Å²) >= 11 is 0. The number of hydrogen-bond donors (Lipinski definition) is 0. The molecule has 17 heavy (non-hydrogen) atoms. The number of rotatable bonds is 2. The summed E-state index contributed by atoms with van der Waals surface area (Å²) in [7, 11) is 1.71. The number of aryl methyl sites for hydroxylation is 1. The Morgan fingerprint density at radius 3 is 2.59 bits per heavy atom. The molecule has 2 aromatic rings. The van der Waals surface area contributed by atoms with Crippen molar-refractivity contribution < 1.29 is 4.79 Å². The lowest BCUT2D eigenvalue weighted by Crippen LogP contribution is -2.21. The molecule has 0 atom stereocenters. The monoisotopic (exact) mass is 229 g/mol. The van der Waals surface area contributed by atoms with Gasteiger partial charge in [0.15, 0.2) is 6.29 Å². The first-order valence-electron chi connectivity index (χ1n) is 5.64. The summed E-state index contributed by atoms with van der Waals surface area (Å²) in [6.45, 7) is 4.18. The molecule has 1 aromatic heterocycles. The number of fused-ring (bicyclic) bond motifs is 1. The molecule has 0 spiro atoms. The Kier molecular flexibility index (Phi) is 2.84. The van der Waals surface area contributed by atoms with Crippen molar-refractivity contribution in [2.24, 2.45) is 7.05 Å². The van der Waals surface area contributed by atoms with Crippen molar-refractivity contribution in [3.05, 3.63) is 45.7 Å². The van der Waals surface area contributed by atoms with Gasteiger partial charge in [0.2, 0.25) is 0 Å². The first-order chi connectivity index (χ1) is 8.06. The second-order valence-electron chi connectivity index (χ2n) is 4.52. The normalized spacial score (nSPS) is 11.1. The van der Waals surface area contributed by atoms with Gasteiger partial charge in [0, 0.05) is 7.05 Å². The largest absolute Gasteiger partial charge is 0.310 e. The highest BCUT2D eigenvalue weighted by atomic mass is 16.1. The molecule has 0 aliphatic heterocycles. The van der Waals surface area contributed by atoms with E-state index in [0.717, 1.165) is 16.5 Å². The zero-order valence-electron chi connectivity index (χ0n) is 10.2. The van der Waals surface area contributed by atoms with Gasteiger partial charge in [-0.05, 0) is 22.9 Å². The lowest BCUT2D eigenvalue weighted by atomic mass is 9.99. The summed E-state index contributed by atoms with van der Waals surface area (Å²) in [5.74, 6) is 0.339. The fourth-order valence-electron chi connectivity index (χ4n) is 2.16. The van der Waals surface area contributed by atoms with E-state index in [0.29, 0.717) is 12.2 Å². The molecule has 0 aliphatic rings. The molecule has 3 nitrogen and oxygen atoms in total. The second-order valence-corrected chi connectivity index (χ2v) is 4.52. The van der Waals surface area contributed by atoms with Crippen molar-refractivity contribution in [1.82, 2.24) is 4.57 Å². The van der Waals surface area contributed by atoms with Gasteiger partial charge in [0.1, 0.15) is 0 Å². The zero-order valence-corrected chi connectivity index (χ0v) is 10.2. The van der Waals surface area contributed by atoms with Gasteiger partial charge in [-0.15, -0.1) is 0 Å². The number of pyridine rings is 1. The van der Waals surface area contributed by atoms with Crippen molar-refractivity contribution >= 4 is 17.2 Å². The van der Waals surface area contributed by atoms with Crippen LogP contribution in [0.5, 0.6) is 0 Å². The Hall–Kier alpha value is -1.90. The molecular weight excluding hydrogens is 214 g/mol. The Balaban J connectivity index is 2.97. The van der Waals surface area contributed by atoms with E-state index in [1.807, 2.05) is 18.2 Å². The first kappa shape index (κ1) is 11.6. The first-order valence-corrected chi connectivity index (χ1v) is 5.64. The molecule has 0 fully saturated rings. The van der Waals surface area contributed by atoms with Crippen LogP contribution in [0, 0.1) is 0 Å². The van der Waals surface area contributed by atoms with Crippen LogP contribution in [0.2, 0.25) is 0 Å². The number of aldehydes is 1. The minimum Gasteiger partial charge on any atom is -0.310 e. The Morgan fingerprint density at radius 1 is 1.29 bits per heavy atom. The second kappa shape index (κ2) is 4.17. The van der Waals surface area contributed by atoms with Crippen LogP contribution < -0.4 is 5.56 Å². The lowest BCUT2D eigenvalue weighted by Gasteiger charge is -2.13. The molecule has 0 amide bonds. The molecule has 0 saturated carbocycles. The third-order valence-corrected chi connectivity index (χ3v) is 3.05. The maximum Gasteiger partial charge on any atom is 0.261 e. The van der Waals surface area contributed by atoms with Gasteiger partial charge in [-0.25, -0.2) is 0 Å². The van der Waals surface area contributed by atoms with Crippen LogP contribution in [0.3, 0.4) is 0 Å². The van der Waals surface area contributed by atoms with E-state index in [1.165, 1.54) is 0 Å². The maximum absolute atomic E-state index is 11.9. The van der Waals surface area contributed by atoms with E-state index in [-0.39, 0.29) is 11.1 Å². The van der Waals surface area contributed by atoms with E-state index in [2.05, 4.69) is 13.8 Å². The van der Waals surface area contributed by atoms with Gasteiger partial charge < -0.3 is 4.57 Å². The minimum atomic E-state index is -0.236. The van der Waals surface area contributed by atoms with Crippen molar-refractivity contribution in [1.29, 1.82) is 0 Å². The number of carbonyl (C=O) groups excluding carboxylic acids is 1. The molecule has 3 heteroatoms. The Bertz CT molecular complexity index is 638. The van der Waals surface area contributed by atoms with E-state index in [9.17, 15) is 9.59 Å². The van der Waals surface area contributed by atoms with Gasteiger partial charge in [-0.2, -0.15) is 0 Å². The average molecular weight is 229 g/mol. The van der Waals surface area contributed by atoms with Crippen molar-refractivity contribution in [2.45, 2.75) is 19.8 Å². The van der Waals surface area contributed by atoms with E-state index < -0.39 is 0 Å². The Labute approximate surface area is 99.7 Å². The molecule has 1 aromatic carbocycles. The molecule has 1 heterocycles. The van der Waals surface area contributed by atoms with Crippen molar-refractivity contribution in [3.8, 4) is 0 Å². The summed E-state index contributed by atoms with van der Waals surface area (Å²) in [5, 5.41) is 0.931. The predicted molar refractivity (Wildman–Crippen MR) is 68.7 cm³/mol. The zero-order chi connectivity index (χ0) is 12.6. The van der Waals surface area contributed by atoms with Crippen LogP contribution in [-0.4, -0.2) is 10.9 Å². The van der Waals surface area contributed by atoms with Gasteiger partial charge in [0.25, 0.3) is 5.56 Å². The fourth-order valence-corrected chi connectivity index (χ4v) is 2.16. The van der Waals surface area contributed by atoms with E-state index >= 15 is 0 Å². The van der Waals surface area contributed by atoms with Crippen LogP contribution in [0.1, 0.15) is 35.7 Å². The number of para-hydroxylation sites is 1. The highest BCUT2D eigenvalue weighted by molar-refractivity contribution is 5.88. The van der Waals surface area contributed by atoms with Crippen LogP contribution in [0.25, 0.3) is 10.9 Å². The highest BCUT2D eigenvalue weighted by Gasteiger charge is 2.11. The summed E-state index contributed by atoms with van der Waals surface area (Å²) in [5.41, 5.74) is 2.01. The summed E-state index contributed by atoms with van der Waals surface area (Å²) in [4.78, 5) is 22.7. The number of nitrogens with zero attached hydrogens (tertiary/aromatic N) is 1. The lowest BCUT2D eigenvalue weighted by molar-refractivity contribution is 0.112. The molecule has 0 N–H and O–H groups in total. The molecule has 2 rings (SSSR count). The smallest absolute Gasteiger partial charge is 0.261 e. The summed E-state index contributed by atoms with van der Waals surface area (Å²) < 4.78 is 1.56. The molecular formula is C14H15NO2. The number of carbonyl (C=O) groups is 1. The molecule has 0 aliphatic carbocycles. The number of hydrogen-bond acceptors (Lipinski definition) is 2. The third-order valence-electron chi connectivity index (χ3n) is 3.05. The van der Waals surface area contributed by atoms with Crippen molar-refractivity contribution in [2.75, 3.05) is 0 Å². The standard InChI is InChI=1S/C14H15NO2/c1-9(2)12-6-4-5-10-7-11(8-16)14(17)15(3)13(10)12/h4-9H,1-3H3. The SMILES string of the molecule is CC(C)c1cccc2cc(C=O)c(=O)n(C)c12. The number of benzene rings is 1. The average Bonchev–Trinajstić information content (AvgIpc) is 2.32. The predicted octanol–water partition coefficient (Wildman–Crippen LogP) is 2.47. The van der Waals surface area contributed by atoms with Gasteiger partial charge in [0.05, 0.1) is 11.1 Å². The van der Waals surface area contributed by atoms with E-state index in [4.69, 9.17) is 0 Å². The quantitative estimate of drug-likeness (QED) is 0.742. The van der Waals surface area contributed by atoms with Gasteiger partial charge in [-0.1, -0.05) is 32.0 Å². The van der Waals surface area contributed by atoms with Crippen LogP contribution in [0.4, 0.5) is 0 Å². The fraction of sp³-hybridized carbons (Fsp3) is 0.286. The summed E-state index contributed by atoms with van der Waals surface area (Å²) in [6.07, 6.45) is 0.615. The van der Waals surface area contributed by atoms with Gasteiger partial charge >= 0.3 is 0 Å².